The van der Waals surface area contributed by atoms with Gasteiger partial charge in [-0.2, -0.15) is 0 Å². The Bertz CT molecular complexity index is 310. The Morgan fingerprint density at radius 1 is 1.62 bits per heavy atom. The summed E-state index contributed by atoms with van der Waals surface area (Å²) in [4.78, 5) is 0. The number of halogens is 1. The molecule has 0 aliphatic heterocycles. The number of rotatable bonds is 3. The third-order valence-corrected chi connectivity index (χ3v) is 1.75. The van der Waals surface area contributed by atoms with E-state index in [0.717, 1.165) is 0 Å². The van der Waals surface area contributed by atoms with Gasteiger partial charge in [0.2, 0.25) is 0 Å². The Kier molecular flexibility index (Phi) is 3.03. The van der Waals surface area contributed by atoms with Gasteiger partial charge in [0, 0.05) is 5.56 Å². The van der Waals surface area contributed by atoms with Crippen LogP contribution in [0.1, 0.15) is 11.7 Å². The summed E-state index contributed by atoms with van der Waals surface area (Å²) in [6.07, 6.45) is 0.271. The lowest BCUT2D eigenvalue weighted by atomic mass is 10.1. The molecule has 0 radical (unpaired) electrons. The van der Waals surface area contributed by atoms with Crippen LogP contribution in [-0.2, 0) is 0 Å². The van der Waals surface area contributed by atoms with E-state index in [9.17, 15) is 9.50 Å². The largest absolute Gasteiger partial charge is 0.497 e. The van der Waals surface area contributed by atoms with E-state index in [2.05, 4.69) is 6.58 Å². The van der Waals surface area contributed by atoms with Gasteiger partial charge in [0.25, 0.3) is 0 Å². The first-order valence-corrected chi connectivity index (χ1v) is 3.83. The highest BCUT2D eigenvalue weighted by molar-refractivity contribution is 5.32. The van der Waals surface area contributed by atoms with Crippen LogP contribution >= 0.6 is 0 Å². The number of hydrogen-bond acceptors (Lipinski definition) is 2. The molecule has 1 rings (SSSR count). The molecule has 1 unspecified atom stereocenters. The van der Waals surface area contributed by atoms with Gasteiger partial charge in [-0.3, -0.25) is 0 Å². The maximum atomic E-state index is 13.1. The Labute approximate surface area is 76.3 Å². The van der Waals surface area contributed by atoms with Crippen molar-refractivity contribution in [3.63, 3.8) is 0 Å². The lowest BCUT2D eigenvalue weighted by Crippen LogP contribution is -1.97. The summed E-state index contributed by atoms with van der Waals surface area (Å²) in [6.45, 7) is 3.38. The van der Waals surface area contributed by atoms with E-state index in [1.165, 1.54) is 31.4 Å². The highest BCUT2D eigenvalue weighted by atomic mass is 19.1. The molecule has 0 bridgehead atoms. The minimum absolute atomic E-state index is 0.175. The lowest BCUT2D eigenvalue weighted by molar-refractivity contribution is 0.223. The topological polar surface area (TPSA) is 29.5 Å². The first-order valence-electron chi connectivity index (χ1n) is 3.83. The van der Waals surface area contributed by atoms with E-state index in [1.807, 2.05) is 0 Å². The van der Waals surface area contributed by atoms with Crippen LogP contribution in [0.25, 0.3) is 0 Å². The monoisotopic (exact) mass is 182 g/mol. The quantitative estimate of drug-likeness (QED) is 0.725. The van der Waals surface area contributed by atoms with E-state index < -0.39 is 11.9 Å². The van der Waals surface area contributed by atoms with Crippen LogP contribution in [0.15, 0.2) is 30.9 Å². The van der Waals surface area contributed by atoms with E-state index in [1.54, 1.807) is 0 Å². The van der Waals surface area contributed by atoms with E-state index >= 15 is 0 Å². The smallest absolute Gasteiger partial charge is 0.129 e. The van der Waals surface area contributed by atoms with E-state index in [4.69, 9.17) is 4.74 Å². The first kappa shape index (κ1) is 9.74. The van der Waals surface area contributed by atoms with Gasteiger partial charge in [-0.1, -0.05) is 6.08 Å². The van der Waals surface area contributed by atoms with Crippen molar-refractivity contribution < 1.29 is 14.2 Å². The second-order valence-corrected chi connectivity index (χ2v) is 2.57. The summed E-state index contributed by atoms with van der Waals surface area (Å²) >= 11 is 0. The van der Waals surface area contributed by atoms with Crippen LogP contribution < -0.4 is 4.74 Å². The fourth-order valence-corrected chi connectivity index (χ4v) is 1.00. The van der Waals surface area contributed by atoms with Crippen molar-refractivity contribution in [3.8, 4) is 5.75 Å². The summed E-state index contributed by atoms with van der Waals surface area (Å²) in [5.41, 5.74) is 0.175. The van der Waals surface area contributed by atoms with Crippen molar-refractivity contribution >= 4 is 0 Å². The van der Waals surface area contributed by atoms with Crippen LogP contribution in [0.2, 0.25) is 0 Å². The maximum absolute atomic E-state index is 13.1. The van der Waals surface area contributed by atoms with Gasteiger partial charge in [0.15, 0.2) is 0 Å². The molecule has 0 aromatic heterocycles. The molecule has 3 heteroatoms. The van der Waals surface area contributed by atoms with Crippen LogP contribution in [0.4, 0.5) is 4.39 Å². The highest BCUT2D eigenvalue weighted by Crippen LogP contribution is 2.22. The van der Waals surface area contributed by atoms with Crippen molar-refractivity contribution in [2.24, 2.45) is 0 Å². The molecule has 0 heterocycles. The Balaban J connectivity index is 3.10. The van der Waals surface area contributed by atoms with Crippen LogP contribution in [0, 0.1) is 5.82 Å². The third kappa shape index (κ3) is 2.06. The molecule has 13 heavy (non-hydrogen) atoms. The zero-order valence-corrected chi connectivity index (χ0v) is 7.33. The van der Waals surface area contributed by atoms with Crippen LogP contribution in [0.5, 0.6) is 5.75 Å². The predicted octanol–water partition coefficient (Wildman–Crippen LogP) is 2.05. The second kappa shape index (κ2) is 4.05. The fourth-order valence-electron chi connectivity index (χ4n) is 1.00. The van der Waals surface area contributed by atoms with Crippen molar-refractivity contribution in [2.45, 2.75) is 6.10 Å². The summed E-state index contributed by atoms with van der Waals surface area (Å²) in [5.74, 6) is 0.0468. The number of aliphatic hydroxyl groups is 1. The number of benzene rings is 1. The predicted molar refractivity (Wildman–Crippen MR) is 48.1 cm³/mol. The molecule has 0 saturated carbocycles. The average molecular weight is 182 g/mol. The normalized spacial score (nSPS) is 12.2. The molecule has 0 aliphatic rings. The molecule has 0 fully saturated rings. The molecule has 0 aliphatic carbocycles. The van der Waals surface area contributed by atoms with Gasteiger partial charge in [-0.05, 0) is 18.2 Å². The zero-order chi connectivity index (χ0) is 9.84. The molecule has 1 aromatic carbocycles. The summed E-state index contributed by atoms with van der Waals surface area (Å²) in [6, 6.07) is 4.19. The van der Waals surface area contributed by atoms with Gasteiger partial charge < -0.3 is 9.84 Å². The van der Waals surface area contributed by atoms with Crippen LogP contribution in [-0.4, -0.2) is 12.2 Å². The Hall–Kier alpha value is -1.35. The van der Waals surface area contributed by atoms with Gasteiger partial charge in [-0.15, -0.1) is 6.58 Å². The third-order valence-electron chi connectivity index (χ3n) is 1.75. The van der Waals surface area contributed by atoms with Gasteiger partial charge in [0.1, 0.15) is 11.6 Å². The van der Waals surface area contributed by atoms with Crippen molar-refractivity contribution in [1.82, 2.24) is 0 Å². The van der Waals surface area contributed by atoms with Crippen molar-refractivity contribution in [1.29, 1.82) is 0 Å². The summed E-state index contributed by atoms with van der Waals surface area (Å²) < 4.78 is 18.0. The second-order valence-electron chi connectivity index (χ2n) is 2.57. The zero-order valence-electron chi connectivity index (χ0n) is 7.33. The number of aliphatic hydroxyl groups excluding tert-OH is 1. The molecular formula is C10H11FO2. The summed E-state index contributed by atoms with van der Waals surface area (Å²) in [5, 5.41) is 9.32. The molecule has 0 amide bonds. The molecule has 2 nitrogen and oxygen atoms in total. The van der Waals surface area contributed by atoms with Crippen molar-refractivity contribution in [3.05, 3.63) is 42.2 Å². The molecular weight excluding hydrogens is 171 g/mol. The molecule has 0 saturated heterocycles. The SMILES string of the molecule is C=CC(O)c1cc(OC)ccc1F. The molecule has 1 aromatic rings. The summed E-state index contributed by atoms with van der Waals surface area (Å²) in [7, 11) is 1.48. The molecule has 0 spiro atoms. The van der Waals surface area contributed by atoms with Gasteiger partial charge >= 0.3 is 0 Å². The molecule has 1 atom stereocenters. The minimum atomic E-state index is -0.991. The number of ether oxygens (including phenoxy) is 1. The van der Waals surface area contributed by atoms with Gasteiger partial charge in [-0.25, -0.2) is 4.39 Å². The standard InChI is InChI=1S/C10H11FO2/c1-3-10(12)8-6-7(13-2)4-5-9(8)11/h3-6,10,12H,1H2,2H3. The van der Waals surface area contributed by atoms with E-state index in [0.29, 0.717) is 5.75 Å². The Morgan fingerprint density at radius 3 is 2.85 bits per heavy atom. The van der Waals surface area contributed by atoms with Crippen LogP contribution in [0.3, 0.4) is 0 Å². The molecule has 70 valence electrons. The maximum Gasteiger partial charge on any atom is 0.129 e. The first-order chi connectivity index (χ1) is 6.19. The highest BCUT2D eigenvalue weighted by Gasteiger charge is 2.09. The minimum Gasteiger partial charge on any atom is -0.497 e. The lowest BCUT2D eigenvalue weighted by Gasteiger charge is -2.08. The van der Waals surface area contributed by atoms with E-state index in [-0.39, 0.29) is 5.56 Å². The van der Waals surface area contributed by atoms with Crippen molar-refractivity contribution in [2.75, 3.05) is 7.11 Å². The Morgan fingerprint density at radius 2 is 2.31 bits per heavy atom. The van der Waals surface area contributed by atoms with Gasteiger partial charge in [0.05, 0.1) is 13.2 Å². The fraction of sp³-hybridized carbons (Fsp3) is 0.200. The average Bonchev–Trinajstić information content (AvgIpc) is 2.17. The number of methoxy groups -OCH3 is 1. The number of hydrogen-bond donors (Lipinski definition) is 1. The molecule has 1 N–H and O–H groups in total.